The molecule has 0 spiro atoms. The van der Waals surface area contributed by atoms with Crippen molar-refractivity contribution in [1.29, 1.82) is 0 Å². The molecule has 9 nitrogen and oxygen atoms in total. The molecule has 0 aliphatic carbocycles. The van der Waals surface area contributed by atoms with Crippen molar-refractivity contribution >= 4 is 17.3 Å². The number of carbonyl (C=O) groups is 1. The maximum Gasteiger partial charge on any atom is 0.269 e. The summed E-state index contributed by atoms with van der Waals surface area (Å²) in [5, 5.41) is 20.3. The highest BCUT2D eigenvalue weighted by molar-refractivity contribution is 5.75. The number of hydrogen-bond donors (Lipinski definition) is 2. The van der Waals surface area contributed by atoms with Crippen molar-refractivity contribution in [1.82, 2.24) is 15.5 Å². The summed E-state index contributed by atoms with van der Waals surface area (Å²) < 4.78 is 18.1. The molecular formula is C20H20FN5O4. The Morgan fingerprint density at radius 3 is 2.53 bits per heavy atom. The fourth-order valence-corrected chi connectivity index (χ4v) is 2.67. The third kappa shape index (κ3) is 6.09. The van der Waals surface area contributed by atoms with Crippen LogP contribution in [0.3, 0.4) is 0 Å². The van der Waals surface area contributed by atoms with Gasteiger partial charge in [-0.15, -0.1) is 0 Å². The number of carbonyl (C=O) groups excluding carboxylic acids is 1. The number of aryl methyl sites for hydroxylation is 1. The molecule has 0 aliphatic heterocycles. The highest BCUT2D eigenvalue weighted by Crippen LogP contribution is 2.17. The van der Waals surface area contributed by atoms with Gasteiger partial charge in [-0.25, -0.2) is 4.39 Å². The van der Waals surface area contributed by atoms with E-state index >= 15 is 0 Å². The van der Waals surface area contributed by atoms with Gasteiger partial charge in [0, 0.05) is 49.3 Å². The molecule has 10 heteroatoms. The van der Waals surface area contributed by atoms with Gasteiger partial charge >= 0.3 is 0 Å². The second-order valence-corrected chi connectivity index (χ2v) is 6.45. The van der Waals surface area contributed by atoms with Crippen molar-refractivity contribution in [2.45, 2.75) is 19.3 Å². The van der Waals surface area contributed by atoms with Gasteiger partial charge in [-0.1, -0.05) is 5.16 Å². The van der Waals surface area contributed by atoms with E-state index < -0.39 is 4.92 Å². The van der Waals surface area contributed by atoms with Crippen LogP contribution in [0.25, 0.3) is 11.4 Å². The van der Waals surface area contributed by atoms with E-state index in [0.717, 1.165) is 5.69 Å². The first-order valence-corrected chi connectivity index (χ1v) is 9.35. The van der Waals surface area contributed by atoms with Crippen LogP contribution < -0.4 is 10.6 Å². The summed E-state index contributed by atoms with van der Waals surface area (Å²) in [6.07, 6.45) is 1.32. The number of nitrogens with one attached hydrogen (secondary N) is 2. The van der Waals surface area contributed by atoms with Crippen molar-refractivity contribution in [3.05, 3.63) is 70.4 Å². The van der Waals surface area contributed by atoms with Gasteiger partial charge < -0.3 is 15.2 Å². The Kier molecular flexibility index (Phi) is 7.04. The van der Waals surface area contributed by atoms with Gasteiger partial charge in [0.1, 0.15) is 5.82 Å². The molecule has 2 N–H and O–H groups in total. The largest absolute Gasteiger partial charge is 0.383 e. The maximum absolute atomic E-state index is 13.0. The lowest BCUT2D eigenvalue weighted by molar-refractivity contribution is -0.384. The molecule has 0 radical (unpaired) electrons. The van der Waals surface area contributed by atoms with E-state index in [-0.39, 0.29) is 17.4 Å². The molecule has 1 aromatic heterocycles. The predicted molar refractivity (Wildman–Crippen MR) is 107 cm³/mol. The number of hydrogen-bond acceptors (Lipinski definition) is 7. The maximum atomic E-state index is 13.0. The lowest BCUT2D eigenvalue weighted by Gasteiger charge is -2.07. The molecule has 30 heavy (non-hydrogen) atoms. The molecule has 0 bridgehead atoms. The van der Waals surface area contributed by atoms with Crippen molar-refractivity contribution in [2.75, 3.05) is 18.4 Å². The second kappa shape index (κ2) is 10.1. The zero-order chi connectivity index (χ0) is 21.3. The zero-order valence-corrected chi connectivity index (χ0v) is 16.0. The van der Waals surface area contributed by atoms with E-state index in [1.165, 1.54) is 24.3 Å². The molecule has 1 heterocycles. The van der Waals surface area contributed by atoms with Crippen LogP contribution in [0, 0.1) is 15.9 Å². The second-order valence-electron chi connectivity index (χ2n) is 6.45. The van der Waals surface area contributed by atoms with Crippen LogP contribution in [0.4, 0.5) is 15.8 Å². The Hall–Kier alpha value is -3.82. The standard InChI is InChI=1S/C20H20FN5O4/c21-15-6-4-14(5-7-15)20-24-19(30-25-20)3-1-2-18(27)23-13-12-22-16-8-10-17(11-9-16)26(28)29/h4-11,22H,1-3,12-13H2,(H,23,27). The first-order valence-electron chi connectivity index (χ1n) is 9.35. The third-order valence-electron chi connectivity index (χ3n) is 4.22. The van der Waals surface area contributed by atoms with Gasteiger partial charge in [0.05, 0.1) is 4.92 Å². The van der Waals surface area contributed by atoms with Crippen LogP contribution in [0.5, 0.6) is 0 Å². The summed E-state index contributed by atoms with van der Waals surface area (Å²) in [5.74, 6) is 0.365. The van der Waals surface area contributed by atoms with E-state index in [1.807, 2.05) is 0 Å². The molecule has 0 atom stereocenters. The van der Waals surface area contributed by atoms with Crippen LogP contribution in [-0.2, 0) is 11.2 Å². The third-order valence-corrected chi connectivity index (χ3v) is 4.22. The normalized spacial score (nSPS) is 10.6. The number of amides is 1. The number of nitro benzene ring substituents is 1. The van der Waals surface area contributed by atoms with Crippen molar-refractivity contribution in [2.24, 2.45) is 0 Å². The number of aromatic nitrogens is 2. The molecule has 0 unspecified atom stereocenters. The summed E-state index contributed by atoms with van der Waals surface area (Å²) in [6, 6.07) is 11.9. The predicted octanol–water partition coefficient (Wildman–Crippen LogP) is 3.33. The van der Waals surface area contributed by atoms with Crippen molar-refractivity contribution in [3.63, 3.8) is 0 Å². The molecule has 156 valence electrons. The van der Waals surface area contributed by atoms with Gasteiger partial charge in [0.15, 0.2) is 0 Å². The first-order chi connectivity index (χ1) is 14.5. The summed E-state index contributed by atoms with van der Waals surface area (Å²) in [7, 11) is 0. The minimum atomic E-state index is -0.456. The lowest BCUT2D eigenvalue weighted by atomic mass is 10.2. The molecule has 0 aliphatic rings. The van der Waals surface area contributed by atoms with Gasteiger partial charge in [-0.2, -0.15) is 4.98 Å². The van der Waals surface area contributed by atoms with Crippen LogP contribution in [-0.4, -0.2) is 34.1 Å². The Morgan fingerprint density at radius 2 is 1.83 bits per heavy atom. The number of halogens is 1. The van der Waals surface area contributed by atoms with E-state index in [1.54, 1.807) is 24.3 Å². The van der Waals surface area contributed by atoms with Gasteiger partial charge in [-0.3, -0.25) is 14.9 Å². The van der Waals surface area contributed by atoms with E-state index in [2.05, 4.69) is 20.8 Å². The highest BCUT2D eigenvalue weighted by Gasteiger charge is 2.10. The van der Waals surface area contributed by atoms with Crippen LogP contribution >= 0.6 is 0 Å². The summed E-state index contributed by atoms with van der Waals surface area (Å²) in [6.45, 7) is 0.916. The molecule has 1 amide bonds. The fraction of sp³-hybridized carbons (Fsp3) is 0.250. The quantitative estimate of drug-likeness (QED) is 0.297. The molecule has 2 aromatic carbocycles. The van der Waals surface area contributed by atoms with E-state index in [0.29, 0.717) is 49.6 Å². The molecule has 3 rings (SSSR count). The summed E-state index contributed by atoms with van der Waals surface area (Å²) in [4.78, 5) is 26.3. The Morgan fingerprint density at radius 1 is 1.10 bits per heavy atom. The van der Waals surface area contributed by atoms with E-state index in [9.17, 15) is 19.3 Å². The summed E-state index contributed by atoms with van der Waals surface area (Å²) in [5.41, 5.74) is 1.42. The van der Waals surface area contributed by atoms with Crippen LogP contribution in [0.2, 0.25) is 0 Å². The highest BCUT2D eigenvalue weighted by atomic mass is 19.1. The number of non-ortho nitro benzene ring substituents is 1. The Bertz CT molecular complexity index is 989. The number of anilines is 1. The van der Waals surface area contributed by atoms with E-state index in [4.69, 9.17) is 4.52 Å². The lowest BCUT2D eigenvalue weighted by Crippen LogP contribution is -2.28. The SMILES string of the molecule is O=C(CCCc1nc(-c2ccc(F)cc2)no1)NCCNc1ccc([N+](=O)[O-])cc1. The molecule has 0 saturated carbocycles. The monoisotopic (exact) mass is 413 g/mol. The Labute approximate surface area is 171 Å². The van der Waals surface area contributed by atoms with Crippen LogP contribution in [0.1, 0.15) is 18.7 Å². The molecular weight excluding hydrogens is 393 g/mol. The molecule has 3 aromatic rings. The topological polar surface area (TPSA) is 123 Å². The van der Waals surface area contributed by atoms with Gasteiger partial charge in [-0.05, 0) is 42.8 Å². The zero-order valence-electron chi connectivity index (χ0n) is 16.0. The average Bonchev–Trinajstić information content (AvgIpc) is 3.21. The van der Waals surface area contributed by atoms with Gasteiger partial charge in [0.25, 0.3) is 5.69 Å². The first kappa shape index (κ1) is 20.9. The average molecular weight is 413 g/mol. The number of nitro groups is 1. The van der Waals surface area contributed by atoms with Crippen molar-refractivity contribution in [3.8, 4) is 11.4 Å². The Balaban J connectivity index is 1.32. The number of rotatable bonds is 10. The fourth-order valence-electron chi connectivity index (χ4n) is 2.67. The summed E-state index contributed by atoms with van der Waals surface area (Å²) >= 11 is 0. The smallest absolute Gasteiger partial charge is 0.269 e. The molecule has 0 fully saturated rings. The van der Waals surface area contributed by atoms with Crippen LogP contribution in [0.15, 0.2) is 53.1 Å². The minimum Gasteiger partial charge on any atom is -0.383 e. The number of nitrogens with zero attached hydrogens (tertiary/aromatic N) is 3. The number of benzene rings is 2. The minimum absolute atomic E-state index is 0.0277. The van der Waals surface area contributed by atoms with Crippen molar-refractivity contribution < 1.29 is 18.6 Å². The molecule has 0 saturated heterocycles. The van der Waals surface area contributed by atoms with Gasteiger partial charge in [0.2, 0.25) is 17.6 Å².